The van der Waals surface area contributed by atoms with Gasteiger partial charge in [0.15, 0.2) is 0 Å². The molecule has 1 atom stereocenters. The van der Waals surface area contributed by atoms with E-state index in [-0.39, 0.29) is 0 Å². The van der Waals surface area contributed by atoms with Gasteiger partial charge < -0.3 is 4.74 Å². The zero-order chi connectivity index (χ0) is 14.5. The van der Waals surface area contributed by atoms with E-state index in [1.807, 2.05) is 24.3 Å². The zero-order valence-corrected chi connectivity index (χ0v) is 11.7. The van der Waals surface area contributed by atoms with Crippen molar-refractivity contribution in [3.05, 3.63) is 65.5 Å². The van der Waals surface area contributed by atoms with E-state index in [1.165, 1.54) is 6.07 Å². The quantitative estimate of drug-likeness (QED) is 0.781. The molecule has 0 aromatic heterocycles. The molecule has 2 aromatic rings. The van der Waals surface area contributed by atoms with Gasteiger partial charge in [0.05, 0.1) is 13.0 Å². The first-order valence-corrected chi connectivity index (χ1v) is 6.56. The average molecular weight is 293 g/mol. The van der Waals surface area contributed by atoms with Crippen molar-refractivity contribution >= 4 is 16.8 Å². The predicted molar refractivity (Wildman–Crippen MR) is 76.7 cm³/mol. The van der Waals surface area contributed by atoms with Crippen LogP contribution in [0, 0.1) is 5.82 Å². The third-order valence-corrected chi connectivity index (χ3v) is 3.39. The highest BCUT2D eigenvalue weighted by molar-refractivity contribution is 6.64. The number of hydrogen-bond acceptors (Lipinski definition) is 2. The van der Waals surface area contributed by atoms with Crippen molar-refractivity contribution in [1.29, 1.82) is 0 Å². The van der Waals surface area contributed by atoms with E-state index in [0.717, 1.165) is 5.56 Å². The van der Waals surface area contributed by atoms with E-state index in [0.29, 0.717) is 17.7 Å². The largest absolute Gasteiger partial charge is 0.497 e. The highest BCUT2D eigenvalue weighted by atomic mass is 35.5. The topological polar surface area (TPSA) is 26.3 Å². The number of carbonyl (C=O) groups is 1. The molecule has 0 fully saturated rings. The summed E-state index contributed by atoms with van der Waals surface area (Å²) in [6.45, 7) is 0. The van der Waals surface area contributed by atoms with Gasteiger partial charge in [-0.25, -0.2) is 4.39 Å². The van der Waals surface area contributed by atoms with Gasteiger partial charge in [0.1, 0.15) is 11.6 Å². The molecule has 0 aliphatic rings. The summed E-state index contributed by atoms with van der Waals surface area (Å²) in [6.07, 6.45) is 0.334. The highest BCUT2D eigenvalue weighted by Gasteiger charge is 2.22. The lowest BCUT2D eigenvalue weighted by Gasteiger charge is -2.14. The summed E-state index contributed by atoms with van der Waals surface area (Å²) in [5.74, 6) is -0.434. The molecular formula is C16H14ClFO2. The Bertz CT molecular complexity index is 613. The van der Waals surface area contributed by atoms with Gasteiger partial charge in [-0.05, 0) is 47.3 Å². The van der Waals surface area contributed by atoms with Crippen LogP contribution in [0.3, 0.4) is 0 Å². The molecule has 4 heteroatoms. The smallest absolute Gasteiger partial charge is 0.229 e. The maximum Gasteiger partial charge on any atom is 0.229 e. The van der Waals surface area contributed by atoms with Gasteiger partial charge in [-0.15, -0.1) is 0 Å². The van der Waals surface area contributed by atoms with Crippen molar-refractivity contribution in [2.45, 2.75) is 12.3 Å². The first-order chi connectivity index (χ1) is 9.61. The Kier molecular flexibility index (Phi) is 4.74. The van der Waals surface area contributed by atoms with E-state index in [9.17, 15) is 9.18 Å². The Balaban J connectivity index is 2.31. The maximum absolute atomic E-state index is 13.8. The van der Waals surface area contributed by atoms with Crippen LogP contribution in [0.2, 0.25) is 0 Å². The normalized spacial score (nSPS) is 11.9. The Morgan fingerprint density at radius 3 is 2.65 bits per heavy atom. The molecule has 0 saturated carbocycles. The molecule has 0 aliphatic carbocycles. The van der Waals surface area contributed by atoms with Crippen molar-refractivity contribution in [3.8, 4) is 5.75 Å². The first kappa shape index (κ1) is 14.5. The molecule has 0 amide bonds. The van der Waals surface area contributed by atoms with Crippen molar-refractivity contribution in [2.24, 2.45) is 0 Å². The average Bonchev–Trinajstić information content (AvgIpc) is 2.45. The molecule has 0 aliphatic heterocycles. The zero-order valence-electron chi connectivity index (χ0n) is 11.0. The van der Waals surface area contributed by atoms with Crippen molar-refractivity contribution < 1.29 is 13.9 Å². The Morgan fingerprint density at radius 2 is 2.00 bits per heavy atom. The van der Waals surface area contributed by atoms with Crippen LogP contribution in [-0.2, 0) is 11.2 Å². The van der Waals surface area contributed by atoms with Crippen LogP contribution in [0.1, 0.15) is 17.0 Å². The standard InChI is InChI=1S/C16H14ClFO2/c1-20-12-6-4-5-11(9-12)10-14(16(17)19)13-7-2-3-8-15(13)18/h2-9,14H,10H2,1H3. The SMILES string of the molecule is COc1cccc(CC(C(=O)Cl)c2ccccc2F)c1. The summed E-state index contributed by atoms with van der Waals surface area (Å²) in [6, 6.07) is 13.5. The molecule has 0 bridgehead atoms. The van der Waals surface area contributed by atoms with E-state index in [1.54, 1.807) is 25.3 Å². The minimum Gasteiger partial charge on any atom is -0.497 e. The molecule has 0 N–H and O–H groups in total. The molecule has 0 saturated heterocycles. The number of ether oxygens (including phenoxy) is 1. The third-order valence-electron chi connectivity index (χ3n) is 3.13. The second-order valence-corrected chi connectivity index (χ2v) is 4.81. The molecule has 1 unspecified atom stereocenters. The van der Waals surface area contributed by atoms with Crippen LogP contribution in [0.25, 0.3) is 0 Å². The monoisotopic (exact) mass is 292 g/mol. The minimum absolute atomic E-state index is 0.315. The number of halogens is 2. The molecule has 0 radical (unpaired) electrons. The molecule has 2 nitrogen and oxygen atoms in total. The summed E-state index contributed by atoms with van der Waals surface area (Å²) in [4.78, 5) is 11.6. The fourth-order valence-electron chi connectivity index (χ4n) is 2.11. The lowest BCUT2D eigenvalue weighted by Crippen LogP contribution is -2.12. The Morgan fingerprint density at radius 1 is 1.25 bits per heavy atom. The molecule has 0 heterocycles. The lowest BCUT2D eigenvalue weighted by atomic mass is 9.92. The van der Waals surface area contributed by atoms with E-state index in [2.05, 4.69) is 0 Å². The van der Waals surface area contributed by atoms with Gasteiger partial charge in [-0.3, -0.25) is 4.79 Å². The summed E-state index contributed by atoms with van der Waals surface area (Å²) in [5, 5.41) is -0.571. The van der Waals surface area contributed by atoms with Crippen LogP contribution in [0.4, 0.5) is 4.39 Å². The number of carbonyl (C=O) groups excluding carboxylic acids is 1. The summed E-state index contributed by atoms with van der Waals surface area (Å²) in [5.41, 5.74) is 1.18. The third kappa shape index (κ3) is 3.36. The molecule has 0 spiro atoms. The van der Waals surface area contributed by atoms with Gasteiger partial charge in [-0.1, -0.05) is 30.3 Å². The second-order valence-electron chi connectivity index (χ2n) is 4.43. The van der Waals surface area contributed by atoms with Crippen molar-refractivity contribution in [2.75, 3.05) is 7.11 Å². The van der Waals surface area contributed by atoms with Crippen LogP contribution >= 0.6 is 11.6 Å². The van der Waals surface area contributed by atoms with Gasteiger partial charge in [0.25, 0.3) is 0 Å². The Hall–Kier alpha value is -1.87. The number of rotatable bonds is 5. The maximum atomic E-state index is 13.8. The highest BCUT2D eigenvalue weighted by Crippen LogP contribution is 2.27. The van der Waals surface area contributed by atoms with Gasteiger partial charge >= 0.3 is 0 Å². The van der Waals surface area contributed by atoms with Gasteiger partial charge in [-0.2, -0.15) is 0 Å². The first-order valence-electron chi connectivity index (χ1n) is 6.18. The molecule has 104 valence electrons. The fraction of sp³-hybridized carbons (Fsp3) is 0.188. The second kappa shape index (κ2) is 6.53. The number of hydrogen-bond donors (Lipinski definition) is 0. The van der Waals surface area contributed by atoms with E-state index >= 15 is 0 Å². The lowest BCUT2D eigenvalue weighted by molar-refractivity contribution is -0.113. The minimum atomic E-state index is -0.704. The molecular weight excluding hydrogens is 279 g/mol. The predicted octanol–water partition coefficient (Wildman–Crippen LogP) is 3.93. The van der Waals surface area contributed by atoms with Crippen molar-refractivity contribution in [3.63, 3.8) is 0 Å². The van der Waals surface area contributed by atoms with Gasteiger partial charge in [0, 0.05) is 0 Å². The summed E-state index contributed by atoms with van der Waals surface area (Å²) in [7, 11) is 1.57. The van der Waals surface area contributed by atoms with Gasteiger partial charge in [0.2, 0.25) is 5.24 Å². The molecule has 20 heavy (non-hydrogen) atoms. The van der Waals surface area contributed by atoms with E-state index in [4.69, 9.17) is 16.3 Å². The molecule has 2 aromatic carbocycles. The van der Waals surface area contributed by atoms with E-state index < -0.39 is 17.0 Å². The van der Waals surface area contributed by atoms with Crippen LogP contribution in [-0.4, -0.2) is 12.4 Å². The Labute approximate surface area is 122 Å². The summed E-state index contributed by atoms with van der Waals surface area (Å²) < 4.78 is 18.9. The molecule has 2 rings (SSSR count). The number of benzene rings is 2. The number of methoxy groups -OCH3 is 1. The fourth-order valence-corrected chi connectivity index (χ4v) is 2.30. The van der Waals surface area contributed by atoms with Crippen molar-refractivity contribution in [1.82, 2.24) is 0 Å². The van der Waals surface area contributed by atoms with Crippen LogP contribution in [0.15, 0.2) is 48.5 Å². The van der Waals surface area contributed by atoms with Crippen LogP contribution < -0.4 is 4.74 Å². The van der Waals surface area contributed by atoms with Crippen LogP contribution in [0.5, 0.6) is 5.75 Å². The summed E-state index contributed by atoms with van der Waals surface area (Å²) >= 11 is 5.64.